The number of anilines is 1. The first-order valence-corrected chi connectivity index (χ1v) is 10.6. The maximum Gasteiger partial charge on any atom is 0.262 e. The van der Waals surface area contributed by atoms with Gasteiger partial charge in [0.05, 0.1) is 11.6 Å². The zero-order valence-corrected chi connectivity index (χ0v) is 17.8. The van der Waals surface area contributed by atoms with Crippen LogP contribution in [0.15, 0.2) is 36.4 Å². The number of nitrogens with one attached hydrogen (secondary N) is 2. The van der Waals surface area contributed by atoms with E-state index in [0.29, 0.717) is 29.2 Å². The highest BCUT2D eigenvalue weighted by atomic mass is 35.5. The first-order valence-electron chi connectivity index (χ1n) is 10.2. The van der Waals surface area contributed by atoms with Gasteiger partial charge < -0.3 is 20.1 Å². The highest BCUT2D eigenvalue weighted by Crippen LogP contribution is 2.37. The Morgan fingerprint density at radius 2 is 1.86 bits per heavy atom. The molecule has 1 saturated carbocycles. The van der Waals surface area contributed by atoms with Crippen molar-refractivity contribution in [3.05, 3.63) is 52.5 Å². The molecule has 0 unspecified atom stereocenters. The van der Waals surface area contributed by atoms with Crippen molar-refractivity contribution in [1.82, 2.24) is 5.32 Å². The van der Waals surface area contributed by atoms with Gasteiger partial charge in [-0.25, -0.2) is 0 Å². The summed E-state index contributed by atoms with van der Waals surface area (Å²) in [4.78, 5) is 12.2. The Hall–Kier alpha value is -2.24. The van der Waals surface area contributed by atoms with Crippen LogP contribution in [0.3, 0.4) is 0 Å². The van der Waals surface area contributed by atoms with Crippen LogP contribution in [0, 0.1) is 6.92 Å². The number of carbonyl (C=O) groups excluding carboxylic acids is 1. The highest BCUT2D eigenvalue weighted by Gasteiger charge is 2.17. The van der Waals surface area contributed by atoms with E-state index in [0.717, 1.165) is 23.4 Å². The third kappa shape index (κ3) is 6.38. The fraction of sp³-hybridized carbons (Fsp3) is 0.435. The fourth-order valence-electron chi connectivity index (χ4n) is 3.49. The Morgan fingerprint density at radius 3 is 2.55 bits per heavy atom. The van der Waals surface area contributed by atoms with Crippen LogP contribution >= 0.6 is 11.6 Å². The van der Waals surface area contributed by atoms with Crippen LogP contribution in [0.5, 0.6) is 11.5 Å². The first kappa shape index (κ1) is 21.5. The molecule has 29 heavy (non-hydrogen) atoms. The molecule has 2 aromatic carbocycles. The summed E-state index contributed by atoms with van der Waals surface area (Å²) in [6.45, 7) is 4.98. The van der Waals surface area contributed by atoms with Crippen LogP contribution < -0.4 is 20.1 Å². The largest absolute Gasteiger partial charge is 0.490 e. The number of carbonyl (C=O) groups is 1. The number of hydrogen-bond acceptors (Lipinski definition) is 4. The number of aryl methyl sites for hydroxylation is 1. The zero-order chi connectivity index (χ0) is 20.6. The monoisotopic (exact) mass is 416 g/mol. The summed E-state index contributed by atoms with van der Waals surface area (Å²) >= 11 is 6.46. The van der Waals surface area contributed by atoms with Gasteiger partial charge in [-0.05, 0) is 56.5 Å². The lowest BCUT2D eigenvalue weighted by molar-refractivity contribution is -0.118. The number of halogens is 1. The molecule has 0 radical (unpaired) electrons. The molecule has 3 rings (SSSR count). The molecule has 0 aliphatic heterocycles. The molecule has 0 heterocycles. The number of ether oxygens (including phenoxy) is 2. The quantitative estimate of drug-likeness (QED) is 0.597. The molecule has 0 bridgehead atoms. The summed E-state index contributed by atoms with van der Waals surface area (Å²) in [7, 11) is 0. The van der Waals surface area contributed by atoms with Crippen LogP contribution in [0.1, 0.15) is 43.7 Å². The number of amides is 1. The minimum Gasteiger partial charge on any atom is -0.490 e. The van der Waals surface area contributed by atoms with Gasteiger partial charge in [0, 0.05) is 18.3 Å². The van der Waals surface area contributed by atoms with Gasteiger partial charge in [0.25, 0.3) is 5.91 Å². The van der Waals surface area contributed by atoms with Crippen molar-refractivity contribution in [2.45, 2.75) is 52.1 Å². The topological polar surface area (TPSA) is 59.6 Å². The van der Waals surface area contributed by atoms with Gasteiger partial charge in [0.15, 0.2) is 18.1 Å². The fourth-order valence-corrected chi connectivity index (χ4v) is 3.78. The lowest BCUT2D eigenvalue weighted by atomic mass is 10.1. The third-order valence-corrected chi connectivity index (χ3v) is 5.28. The molecule has 0 atom stereocenters. The minimum absolute atomic E-state index is 0.145. The maximum atomic E-state index is 12.2. The molecule has 0 spiro atoms. The number of benzene rings is 2. The summed E-state index contributed by atoms with van der Waals surface area (Å²) in [6, 6.07) is 12.0. The second-order valence-electron chi connectivity index (χ2n) is 7.40. The van der Waals surface area contributed by atoms with E-state index in [1.807, 2.05) is 50.2 Å². The number of rotatable bonds is 9. The molecule has 1 aliphatic carbocycles. The zero-order valence-electron chi connectivity index (χ0n) is 17.1. The highest BCUT2D eigenvalue weighted by molar-refractivity contribution is 6.32. The summed E-state index contributed by atoms with van der Waals surface area (Å²) in [5.41, 5.74) is 2.91. The van der Waals surface area contributed by atoms with Crippen LogP contribution in [-0.4, -0.2) is 25.2 Å². The Kier molecular flexibility index (Phi) is 7.78. The number of hydrogen-bond donors (Lipinski definition) is 2. The maximum absolute atomic E-state index is 12.2. The van der Waals surface area contributed by atoms with Gasteiger partial charge in [-0.15, -0.1) is 0 Å². The first-order chi connectivity index (χ1) is 14.0. The molecule has 1 fully saturated rings. The Labute approximate surface area is 177 Å². The van der Waals surface area contributed by atoms with Crippen molar-refractivity contribution < 1.29 is 14.3 Å². The summed E-state index contributed by atoms with van der Waals surface area (Å²) in [6.07, 6.45) is 5.03. The van der Waals surface area contributed by atoms with Crippen molar-refractivity contribution >= 4 is 23.2 Å². The third-order valence-electron chi connectivity index (χ3n) is 5.00. The smallest absolute Gasteiger partial charge is 0.262 e. The molecule has 6 heteroatoms. The van der Waals surface area contributed by atoms with Crippen LogP contribution in [-0.2, 0) is 11.3 Å². The Morgan fingerprint density at radius 1 is 1.14 bits per heavy atom. The molecule has 2 N–H and O–H groups in total. The van der Waals surface area contributed by atoms with Gasteiger partial charge in [-0.2, -0.15) is 0 Å². The molecule has 1 amide bonds. The van der Waals surface area contributed by atoms with E-state index < -0.39 is 0 Å². The van der Waals surface area contributed by atoms with E-state index in [-0.39, 0.29) is 12.5 Å². The van der Waals surface area contributed by atoms with E-state index in [1.165, 1.54) is 25.7 Å². The molecule has 156 valence electrons. The summed E-state index contributed by atoms with van der Waals surface area (Å²) < 4.78 is 11.4. The molecular formula is C23H29ClN2O3. The van der Waals surface area contributed by atoms with Crippen molar-refractivity contribution in [3.63, 3.8) is 0 Å². The van der Waals surface area contributed by atoms with E-state index in [4.69, 9.17) is 21.1 Å². The van der Waals surface area contributed by atoms with Crippen LogP contribution in [0.4, 0.5) is 5.69 Å². The molecule has 2 aromatic rings. The molecule has 5 nitrogen and oxygen atoms in total. The van der Waals surface area contributed by atoms with E-state index in [1.54, 1.807) is 0 Å². The van der Waals surface area contributed by atoms with Crippen molar-refractivity contribution in [3.8, 4) is 11.5 Å². The van der Waals surface area contributed by atoms with E-state index in [2.05, 4.69) is 10.6 Å². The molecule has 0 saturated heterocycles. The van der Waals surface area contributed by atoms with E-state index >= 15 is 0 Å². The Balaban J connectivity index is 1.62. The molecule has 1 aliphatic rings. The summed E-state index contributed by atoms with van der Waals surface area (Å²) in [5, 5.41) is 6.84. The second kappa shape index (κ2) is 10.5. The second-order valence-corrected chi connectivity index (χ2v) is 7.81. The predicted molar refractivity (Wildman–Crippen MR) is 117 cm³/mol. The minimum atomic E-state index is -0.251. The van der Waals surface area contributed by atoms with E-state index in [9.17, 15) is 4.79 Å². The van der Waals surface area contributed by atoms with Gasteiger partial charge in [-0.1, -0.05) is 42.1 Å². The van der Waals surface area contributed by atoms with Gasteiger partial charge in [0.1, 0.15) is 0 Å². The predicted octanol–water partition coefficient (Wildman–Crippen LogP) is 5.10. The average Bonchev–Trinajstić information content (AvgIpc) is 3.21. The lowest BCUT2D eigenvalue weighted by Crippen LogP contribution is -2.25. The van der Waals surface area contributed by atoms with Crippen molar-refractivity contribution in [2.24, 2.45) is 0 Å². The van der Waals surface area contributed by atoms with Crippen molar-refractivity contribution in [1.29, 1.82) is 0 Å². The van der Waals surface area contributed by atoms with Gasteiger partial charge >= 0.3 is 0 Å². The van der Waals surface area contributed by atoms with Gasteiger partial charge in [0.2, 0.25) is 0 Å². The summed E-state index contributed by atoms with van der Waals surface area (Å²) in [5.74, 6) is 0.711. The van der Waals surface area contributed by atoms with Crippen molar-refractivity contribution in [2.75, 3.05) is 18.5 Å². The van der Waals surface area contributed by atoms with Gasteiger partial charge in [-0.3, -0.25) is 4.79 Å². The SMILES string of the molecule is CCOc1cc(CNC2CCCC2)cc(Cl)c1OCC(=O)Nc1ccc(C)cc1. The normalized spacial score (nSPS) is 14.0. The lowest BCUT2D eigenvalue weighted by Gasteiger charge is -2.17. The average molecular weight is 417 g/mol. The standard InChI is InChI=1S/C23H29ClN2O3/c1-3-28-21-13-17(14-25-18-6-4-5-7-18)12-20(24)23(21)29-15-22(27)26-19-10-8-16(2)9-11-19/h8-13,18,25H,3-7,14-15H2,1-2H3,(H,26,27). The van der Waals surface area contributed by atoms with Crippen LogP contribution in [0.25, 0.3) is 0 Å². The molecule has 0 aromatic heterocycles. The Bertz CT molecular complexity index is 818. The molecular weight excluding hydrogens is 388 g/mol. The van der Waals surface area contributed by atoms with Crippen LogP contribution in [0.2, 0.25) is 5.02 Å².